The zero-order chi connectivity index (χ0) is 56.8. The number of aromatic nitrogens is 1. The van der Waals surface area contributed by atoms with Gasteiger partial charge in [-0.2, -0.15) is 0 Å². The third-order valence-electron chi connectivity index (χ3n) is 15.2. The van der Waals surface area contributed by atoms with Crippen LogP contribution in [0.4, 0.5) is 0 Å². The molecule has 19 nitrogen and oxygen atoms in total. The van der Waals surface area contributed by atoms with Crippen LogP contribution in [-0.4, -0.2) is 134 Å². The van der Waals surface area contributed by atoms with Crippen LogP contribution in [0.25, 0.3) is 10.4 Å². The molecule has 1 aromatic heterocycles. The SMILES string of the molecule is Cc1ncsc1-c1ccc(CNC(=O)[C@@H]2C[C@@H](O)CN2C(=O)[C@@H](NC(=O)CCCCCCCC(=O)N2CC[C@H]3CC[C@@H](C(=O)N[C@@H](CCC(N)=O)C(=O)NC(c4ccccc4)c4ccccc4)N3C(=O)[C@@H](N)C2)C(C)(C)C)cc1. The van der Waals surface area contributed by atoms with Crippen molar-refractivity contribution < 1.29 is 43.5 Å². The van der Waals surface area contributed by atoms with Crippen LogP contribution in [-0.2, 0) is 44.9 Å². The lowest BCUT2D eigenvalue weighted by molar-refractivity contribution is -0.145. The number of likely N-dealkylation sites (tertiary alicyclic amines) is 1. The Morgan fingerprint density at radius 2 is 1.42 bits per heavy atom. The highest BCUT2D eigenvalue weighted by atomic mass is 32.1. The summed E-state index contributed by atoms with van der Waals surface area (Å²) >= 11 is 1.56. The molecule has 7 atom stereocenters. The zero-order valence-electron chi connectivity index (χ0n) is 45.9. The number of nitrogens with two attached hydrogens (primary N) is 2. The van der Waals surface area contributed by atoms with E-state index >= 15 is 0 Å². The predicted molar refractivity (Wildman–Crippen MR) is 300 cm³/mol. The maximum absolute atomic E-state index is 14.1. The van der Waals surface area contributed by atoms with Gasteiger partial charge in [0.2, 0.25) is 47.3 Å². The second-order valence-electron chi connectivity index (χ2n) is 22.3. The van der Waals surface area contributed by atoms with Crippen LogP contribution < -0.4 is 32.7 Å². The maximum Gasteiger partial charge on any atom is 0.246 e. The second kappa shape index (κ2) is 27.7. The van der Waals surface area contributed by atoms with Gasteiger partial charge in [-0.25, -0.2) is 4.98 Å². The maximum atomic E-state index is 14.1. The summed E-state index contributed by atoms with van der Waals surface area (Å²) in [6.07, 6.45) is 4.10. The highest BCUT2D eigenvalue weighted by Crippen LogP contribution is 2.32. The van der Waals surface area contributed by atoms with Gasteiger partial charge in [0.1, 0.15) is 30.2 Å². The predicted octanol–water partition coefficient (Wildman–Crippen LogP) is 4.53. The fraction of sp³-hybridized carbons (Fsp3) is 0.508. The van der Waals surface area contributed by atoms with Gasteiger partial charge in [0, 0.05) is 57.9 Å². The van der Waals surface area contributed by atoms with E-state index in [1.807, 2.05) is 113 Å². The largest absolute Gasteiger partial charge is 0.391 e. The third kappa shape index (κ3) is 16.1. The quantitative estimate of drug-likeness (QED) is 0.0507. The van der Waals surface area contributed by atoms with Gasteiger partial charge in [-0.3, -0.25) is 38.4 Å². The standard InChI is InChI=1S/C59H78N10O9S/c1-37-52(79-36-63-37)41-24-22-38(23-25-41)33-62-55(75)47-32-43(70)34-68(47)58(78)53(59(2,3)4)65-49(72)20-14-6-5-7-15-21-50(73)67-31-30-42-26-28-46(69(42)57(77)44(60)35-67)56(76)64-45(27-29-48(61)71)54(74)66-51(39-16-10-8-11-17-39)40-18-12-9-13-19-40/h8-13,16-19,22-25,36,42-47,51,53,70H,5-7,14-15,20-21,26-35,60H2,1-4H3,(H2,61,71)(H,62,75)(H,64,76)(H,65,72)(H,66,74)/t42-,43-,44+,45+,46+,47+,53-/m1/s1. The molecule has 8 amide bonds. The van der Waals surface area contributed by atoms with Crippen molar-refractivity contribution in [2.45, 2.75) is 166 Å². The van der Waals surface area contributed by atoms with Crippen LogP contribution in [0.5, 0.6) is 0 Å². The molecule has 3 aromatic carbocycles. The number of thiazole rings is 1. The molecule has 0 saturated carbocycles. The van der Waals surface area contributed by atoms with Gasteiger partial charge in [0.15, 0.2) is 0 Å². The summed E-state index contributed by atoms with van der Waals surface area (Å²) in [5.74, 6) is -3.33. The van der Waals surface area contributed by atoms with E-state index in [9.17, 15) is 43.5 Å². The van der Waals surface area contributed by atoms with Crippen molar-refractivity contribution in [1.29, 1.82) is 0 Å². The lowest BCUT2D eigenvalue weighted by Crippen LogP contribution is -2.60. The molecular weight excluding hydrogens is 1020 g/mol. The number of aliphatic hydroxyl groups excluding tert-OH is 1. The van der Waals surface area contributed by atoms with Crippen molar-refractivity contribution in [3.63, 3.8) is 0 Å². The first-order chi connectivity index (χ1) is 37.8. The minimum atomic E-state index is -1.13. The van der Waals surface area contributed by atoms with Gasteiger partial charge in [0.25, 0.3) is 0 Å². The summed E-state index contributed by atoms with van der Waals surface area (Å²) in [6.45, 7) is 8.07. The number of hydrogen-bond acceptors (Lipinski definition) is 12. The summed E-state index contributed by atoms with van der Waals surface area (Å²) in [4.78, 5) is 118. The molecule has 424 valence electrons. The smallest absolute Gasteiger partial charge is 0.246 e. The first-order valence-corrected chi connectivity index (χ1v) is 28.6. The Balaban J connectivity index is 0.831. The summed E-state index contributed by atoms with van der Waals surface area (Å²) < 4.78 is 0. The second-order valence-corrected chi connectivity index (χ2v) is 23.1. The summed E-state index contributed by atoms with van der Waals surface area (Å²) in [6, 6.07) is 20.8. The number of aryl methyl sites for hydroxylation is 1. The Kier molecular flexibility index (Phi) is 20.9. The topological polar surface area (TPSA) is 280 Å². The average Bonchev–Trinajstić information content (AvgIpc) is 4.27. The van der Waals surface area contributed by atoms with E-state index in [2.05, 4.69) is 26.3 Å². The average molecular weight is 1100 g/mol. The molecule has 0 unspecified atom stereocenters. The van der Waals surface area contributed by atoms with E-state index in [1.165, 1.54) is 9.80 Å². The van der Waals surface area contributed by atoms with E-state index in [0.717, 1.165) is 52.1 Å². The zero-order valence-corrected chi connectivity index (χ0v) is 46.7. The van der Waals surface area contributed by atoms with Gasteiger partial charge >= 0.3 is 0 Å². The van der Waals surface area contributed by atoms with Crippen LogP contribution in [0, 0.1) is 12.3 Å². The highest BCUT2D eigenvalue weighted by Gasteiger charge is 2.46. The normalized spacial score (nSPS) is 20.2. The molecular formula is C59H78N10O9S. The van der Waals surface area contributed by atoms with Crippen molar-refractivity contribution in [3.05, 3.63) is 113 Å². The number of carbonyl (C=O) groups excluding carboxylic acids is 8. The monoisotopic (exact) mass is 1100 g/mol. The van der Waals surface area contributed by atoms with Crippen LogP contribution in [0.1, 0.15) is 133 Å². The minimum Gasteiger partial charge on any atom is -0.391 e. The van der Waals surface area contributed by atoms with Crippen LogP contribution >= 0.6 is 11.3 Å². The number of β-amino-alcohol motifs (C(OH)–C–C–N with tert-alkyl or cyclic N) is 1. The highest BCUT2D eigenvalue weighted by molar-refractivity contribution is 7.13. The number of amides is 8. The number of unbranched alkanes of at least 4 members (excludes halogenated alkanes) is 4. The molecule has 4 aromatic rings. The van der Waals surface area contributed by atoms with E-state index in [-0.39, 0.29) is 75.5 Å². The van der Waals surface area contributed by atoms with Gasteiger partial charge in [-0.1, -0.05) is 125 Å². The molecule has 0 aliphatic carbocycles. The molecule has 0 radical (unpaired) electrons. The Bertz CT molecular complexity index is 2710. The summed E-state index contributed by atoms with van der Waals surface area (Å²) in [7, 11) is 0. The summed E-state index contributed by atoms with van der Waals surface area (Å²) in [5.41, 5.74) is 17.6. The first kappa shape index (κ1) is 59.6. The van der Waals surface area contributed by atoms with Gasteiger partial charge in [-0.05, 0) is 73.1 Å². The number of benzene rings is 3. The number of primary amides is 1. The van der Waals surface area contributed by atoms with E-state index < -0.39 is 77.3 Å². The first-order valence-electron chi connectivity index (χ1n) is 27.7. The number of nitrogens with zero attached hydrogens (tertiary/aromatic N) is 4. The molecule has 4 heterocycles. The number of nitrogens with one attached hydrogen (secondary N) is 4. The molecule has 0 bridgehead atoms. The number of fused-ring (bicyclic) bond motifs is 1. The van der Waals surface area contributed by atoms with E-state index in [4.69, 9.17) is 11.5 Å². The summed E-state index contributed by atoms with van der Waals surface area (Å²) in [5, 5.41) is 22.4. The molecule has 3 fully saturated rings. The Hall–Kier alpha value is -7.03. The van der Waals surface area contributed by atoms with Crippen molar-refractivity contribution in [2.75, 3.05) is 19.6 Å². The number of hydrogen-bond donors (Lipinski definition) is 7. The van der Waals surface area contributed by atoms with Crippen molar-refractivity contribution in [3.8, 4) is 10.4 Å². The lowest BCUT2D eigenvalue weighted by Gasteiger charge is -2.37. The molecule has 3 aliphatic rings. The molecule has 79 heavy (non-hydrogen) atoms. The molecule has 20 heteroatoms. The molecule has 0 spiro atoms. The minimum absolute atomic E-state index is 0.0112. The molecule has 9 N–H and O–H groups in total. The van der Waals surface area contributed by atoms with Crippen LogP contribution in [0.2, 0.25) is 0 Å². The van der Waals surface area contributed by atoms with E-state index in [1.54, 1.807) is 21.7 Å². The number of aliphatic hydroxyl groups is 1. The van der Waals surface area contributed by atoms with E-state index in [0.29, 0.717) is 38.6 Å². The Labute approximate surface area is 467 Å². The molecule has 3 aliphatic heterocycles. The fourth-order valence-electron chi connectivity index (χ4n) is 10.9. The van der Waals surface area contributed by atoms with Gasteiger partial charge in [-0.15, -0.1) is 11.3 Å². The van der Waals surface area contributed by atoms with Gasteiger partial charge < -0.3 is 52.5 Å². The molecule has 3 saturated heterocycles. The fourth-order valence-corrected chi connectivity index (χ4v) is 11.7. The Morgan fingerprint density at radius 3 is 2.04 bits per heavy atom. The van der Waals surface area contributed by atoms with Crippen LogP contribution in [0.15, 0.2) is 90.4 Å². The van der Waals surface area contributed by atoms with Crippen molar-refractivity contribution in [1.82, 2.24) is 41.0 Å². The lowest BCUT2D eigenvalue weighted by atomic mass is 9.85. The van der Waals surface area contributed by atoms with Gasteiger partial charge in [0.05, 0.1) is 28.2 Å². The third-order valence-corrected chi connectivity index (χ3v) is 16.2. The number of rotatable bonds is 23. The number of carbonyl (C=O) groups is 8. The molecule has 7 rings (SSSR count). The van der Waals surface area contributed by atoms with Crippen LogP contribution in [0.3, 0.4) is 0 Å². The van der Waals surface area contributed by atoms with Crippen molar-refractivity contribution >= 4 is 58.6 Å². The Morgan fingerprint density at radius 1 is 0.772 bits per heavy atom. The van der Waals surface area contributed by atoms with Crippen molar-refractivity contribution in [2.24, 2.45) is 16.9 Å².